The molecule has 0 radical (unpaired) electrons. The predicted octanol–water partition coefficient (Wildman–Crippen LogP) is 5.03. The third-order valence-corrected chi connectivity index (χ3v) is 4.32. The van der Waals surface area contributed by atoms with Gasteiger partial charge < -0.3 is 4.74 Å². The van der Waals surface area contributed by atoms with Gasteiger partial charge >= 0.3 is 0 Å². The molecule has 0 saturated carbocycles. The first-order valence-corrected chi connectivity index (χ1v) is 8.62. The number of hydrogen-bond acceptors (Lipinski definition) is 2. The Morgan fingerprint density at radius 1 is 1.24 bits per heavy atom. The monoisotopic (exact) mass is 350 g/mol. The number of halogens is 1. The fourth-order valence-electron chi connectivity index (χ4n) is 2.43. The zero-order valence-electron chi connectivity index (χ0n) is 13.0. The minimum Gasteiger partial charge on any atom is -0.487 e. The fraction of sp³-hybridized carbons (Fsp3) is 0.471. The lowest BCUT2D eigenvalue weighted by atomic mass is 10.1. The van der Waals surface area contributed by atoms with Gasteiger partial charge in [-0.2, -0.15) is 5.10 Å². The van der Waals surface area contributed by atoms with Gasteiger partial charge in [0.15, 0.2) is 0 Å². The molecule has 3 nitrogen and oxygen atoms in total. The molecular formula is C17H23BrN2O. The van der Waals surface area contributed by atoms with E-state index in [1.807, 2.05) is 12.1 Å². The molecule has 4 heteroatoms. The van der Waals surface area contributed by atoms with E-state index in [0.29, 0.717) is 12.6 Å². The highest BCUT2D eigenvalue weighted by Gasteiger charge is 2.09. The van der Waals surface area contributed by atoms with Crippen molar-refractivity contribution in [3.05, 3.63) is 47.3 Å². The first-order valence-electron chi connectivity index (χ1n) is 7.50. The maximum atomic E-state index is 5.92. The standard InChI is InChI=1S/C17H23BrN2O/c1-4-16(5-2)20-9-8-15(19-20)12-21-17-7-6-13(3)10-14(17)11-18/h6-10,16H,4-5,11-12H2,1-3H3. The number of alkyl halides is 1. The lowest BCUT2D eigenvalue weighted by Crippen LogP contribution is -2.08. The molecule has 21 heavy (non-hydrogen) atoms. The van der Waals surface area contributed by atoms with Crippen molar-refractivity contribution in [2.24, 2.45) is 0 Å². The smallest absolute Gasteiger partial charge is 0.132 e. The van der Waals surface area contributed by atoms with Crippen LogP contribution in [-0.4, -0.2) is 9.78 Å². The zero-order valence-corrected chi connectivity index (χ0v) is 14.6. The molecule has 1 aromatic heterocycles. The first kappa shape index (κ1) is 16.1. The molecule has 1 aromatic carbocycles. The molecule has 114 valence electrons. The Labute approximate surface area is 135 Å². The number of nitrogens with zero attached hydrogens (tertiary/aromatic N) is 2. The van der Waals surface area contributed by atoms with Gasteiger partial charge in [0.2, 0.25) is 0 Å². The van der Waals surface area contributed by atoms with Gasteiger partial charge in [0.1, 0.15) is 12.4 Å². The van der Waals surface area contributed by atoms with Crippen LogP contribution in [0.1, 0.15) is 49.6 Å². The summed E-state index contributed by atoms with van der Waals surface area (Å²) in [6, 6.07) is 8.78. The molecular weight excluding hydrogens is 328 g/mol. The van der Waals surface area contributed by atoms with Gasteiger partial charge in [0.05, 0.1) is 11.7 Å². The maximum Gasteiger partial charge on any atom is 0.132 e. The van der Waals surface area contributed by atoms with Crippen LogP contribution in [0.25, 0.3) is 0 Å². The van der Waals surface area contributed by atoms with Crippen LogP contribution < -0.4 is 4.74 Å². The van der Waals surface area contributed by atoms with Gasteiger partial charge in [-0.05, 0) is 31.9 Å². The van der Waals surface area contributed by atoms with Gasteiger partial charge in [0.25, 0.3) is 0 Å². The summed E-state index contributed by atoms with van der Waals surface area (Å²) in [6.45, 7) is 6.99. The molecule has 0 unspecified atom stereocenters. The van der Waals surface area contributed by atoms with Crippen molar-refractivity contribution < 1.29 is 4.74 Å². The van der Waals surface area contributed by atoms with Crippen molar-refractivity contribution in [1.82, 2.24) is 9.78 Å². The number of hydrogen-bond donors (Lipinski definition) is 0. The summed E-state index contributed by atoms with van der Waals surface area (Å²) in [5, 5.41) is 5.42. The maximum absolute atomic E-state index is 5.92. The van der Waals surface area contributed by atoms with E-state index in [-0.39, 0.29) is 0 Å². The molecule has 0 spiro atoms. The van der Waals surface area contributed by atoms with Gasteiger partial charge in [0, 0.05) is 17.1 Å². The SMILES string of the molecule is CCC(CC)n1ccc(COc2ccc(C)cc2CBr)n1. The molecule has 0 N–H and O–H groups in total. The number of aromatic nitrogens is 2. The largest absolute Gasteiger partial charge is 0.487 e. The number of aryl methyl sites for hydroxylation is 1. The highest BCUT2D eigenvalue weighted by Crippen LogP contribution is 2.23. The van der Waals surface area contributed by atoms with Crippen molar-refractivity contribution in [2.75, 3.05) is 0 Å². The van der Waals surface area contributed by atoms with E-state index in [1.54, 1.807) is 0 Å². The third kappa shape index (κ3) is 4.10. The Hall–Kier alpha value is -1.29. The van der Waals surface area contributed by atoms with Crippen molar-refractivity contribution in [2.45, 2.75) is 51.6 Å². The molecule has 0 fully saturated rings. The van der Waals surface area contributed by atoms with Crippen molar-refractivity contribution in [3.8, 4) is 5.75 Å². The van der Waals surface area contributed by atoms with Crippen molar-refractivity contribution in [3.63, 3.8) is 0 Å². The predicted molar refractivity (Wildman–Crippen MR) is 90.0 cm³/mol. The summed E-state index contributed by atoms with van der Waals surface area (Å²) in [5.41, 5.74) is 3.40. The Kier molecular flexibility index (Phi) is 5.85. The van der Waals surface area contributed by atoms with Crippen molar-refractivity contribution >= 4 is 15.9 Å². The van der Waals surface area contributed by atoms with Gasteiger partial charge in [-0.3, -0.25) is 4.68 Å². The average Bonchev–Trinajstić information content (AvgIpc) is 2.96. The molecule has 2 rings (SSSR count). The number of benzene rings is 1. The lowest BCUT2D eigenvalue weighted by Gasteiger charge is -2.13. The molecule has 0 aliphatic rings. The van der Waals surface area contributed by atoms with Crippen LogP contribution in [0, 0.1) is 6.92 Å². The molecule has 0 bridgehead atoms. The second-order valence-corrected chi connectivity index (χ2v) is 5.85. The molecule has 0 saturated heterocycles. The molecule has 1 heterocycles. The summed E-state index contributed by atoms with van der Waals surface area (Å²) >= 11 is 3.51. The lowest BCUT2D eigenvalue weighted by molar-refractivity contribution is 0.295. The Morgan fingerprint density at radius 3 is 2.67 bits per heavy atom. The number of rotatable bonds is 7. The summed E-state index contributed by atoms with van der Waals surface area (Å²) in [6.07, 6.45) is 4.26. The summed E-state index contributed by atoms with van der Waals surface area (Å²) < 4.78 is 7.98. The minimum absolute atomic E-state index is 0.483. The van der Waals surface area contributed by atoms with Gasteiger partial charge in [-0.1, -0.05) is 47.5 Å². The quantitative estimate of drug-likeness (QED) is 0.655. The Balaban J connectivity index is 2.03. The van der Waals surface area contributed by atoms with Crippen LogP contribution in [0.15, 0.2) is 30.5 Å². The summed E-state index contributed by atoms with van der Waals surface area (Å²) in [5.74, 6) is 0.926. The second kappa shape index (κ2) is 7.64. The van der Waals surface area contributed by atoms with Crippen LogP contribution in [0.5, 0.6) is 5.75 Å². The van der Waals surface area contributed by atoms with E-state index in [2.05, 4.69) is 64.8 Å². The summed E-state index contributed by atoms with van der Waals surface area (Å²) in [4.78, 5) is 0. The minimum atomic E-state index is 0.483. The van der Waals surface area contributed by atoms with Crippen LogP contribution in [0.3, 0.4) is 0 Å². The molecule has 0 aliphatic carbocycles. The summed E-state index contributed by atoms with van der Waals surface area (Å²) in [7, 11) is 0. The molecule has 0 aliphatic heterocycles. The van der Waals surface area contributed by atoms with Crippen LogP contribution in [0.2, 0.25) is 0 Å². The fourth-order valence-corrected chi connectivity index (χ4v) is 2.86. The highest BCUT2D eigenvalue weighted by atomic mass is 79.9. The average molecular weight is 351 g/mol. The van der Waals surface area contributed by atoms with E-state index < -0.39 is 0 Å². The second-order valence-electron chi connectivity index (χ2n) is 5.29. The van der Waals surface area contributed by atoms with E-state index in [1.165, 1.54) is 11.1 Å². The van der Waals surface area contributed by atoms with Crippen molar-refractivity contribution in [1.29, 1.82) is 0 Å². The molecule has 0 atom stereocenters. The molecule has 0 amide bonds. The third-order valence-electron chi connectivity index (χ3n) is 3.72. The Bertz CT molecular complexity index is 576. The highest BCUT2D eigenvalue weighted by molar-refractivity contribution is 9.08. The van der Waals surface area contributed by atoms with E-state index >= 15 is 0 Å². The van der Waals surface area contributed by atoms with E-state index in [9.17, 15) is 0 Å². The van der Waals surface area contributed by atoms with Crippen LogP contribution in [0.4, 0.5) is 0 Å². The first-order chi connectivity index (χ1) is 10.2. The normalized spacial score (nSPS) is 11.1. The van der Waals surface area contributed by atoms with E-state index in [4.69, 9.17) is 4.74 Å². The number of ether oxygens (including phenoxy) is 1. The van der Waals surface area contributed by atoms with Crippen LogP contribution in [-0.2, 0) is 11.9 Å². The topological polar surface area (TPSA) is 27.1 Å². The Morgan fingerprint density at radius 2 is 2.00 bits per heavy atom. The zero-order chi connectivity index (χ0) is 15.2. The van der Waals surface area contributed by atoms with E-state index in [0.717, 1.165) is 29.6 Å². The van der Waals surface area contributed by atoms with Crippen LogP contribution >= 0.6 is 15.9 Å². The van der Waals surface area contributed by atoms with Gasteiger partial charge in [-0.15, -0.1) is 0 Å². The van der Waals surface area contributed by atoms with Gasteiger partial charge in [-0.25, -0.2) is 0 Å². The molecule has 2 aromatic rings.